The average Bonchev–Trinajstić information content (AvgIpc) is 3.15. The van der Waals surface area contributed by atoms with Crippen molar-refractivity contribution in [2.45, 2.75) is 13.8 Å². The van der Waals surface area contributed by atoms with Crippen LogP contribution in [-0.4, -0.2) is 47.4 Å². The first-order valence-corrected chi connectivity index (χ1v) is 10.9. The van der Waals surface area contributed by atoms with Crippen LogP contribution in [0.15, 0.2) is 70.9 Å². The molecule has 10 nitrogen and oxygen atoms in total. The second-order valence-corrected chi connectivity index (χ2v) is 8.03. The highest BCUT2D eigenvalue weighted by molar-refractivity contribution is 6.72. The van der Waals surface area contributed by atoms with Crippen molar-refractivity contribution in [2.75, 3.05) is 24.2 Å². The molecule has 0 atom stereocenters. The molecule has 0 unspecified atom stereocenters. The van der Waals surface area contributed by atoms with Crippen molar-refractivity contribution < 1.29 is 29.3 Å². The van der Waals surface area contributed by atoms with Gasteiger partial charge in [0.1, 0.15) is 17.2 Å². The zero-order valence-electron chi connectivity index (χ0n) is 19.8. The third-order valence-electron chi connectivity index (χ3n) is 5.58. The zero-order chi connectivity index (χ0) is 25.8. The summed E-state index contributed by atoms with van der Waals surface area (Å²) in [6.07, 6.45) is -1.44. The van der Waals surface area contributed by atoms with Gasteiger partial charge in [-0.25, -0.2) is 4.79 Å². The predicted octanol–water partition coefficient (Wildman–Crippen LogP) is 4.55. The van der Waals surface area contributed by atoms with E-state index >= 15 is 0 Å². The van der Waals surface area contributed by atoms with E-state index in [4.69, 9.17) is 14.6 Å². The summed E-state index contributed by atoms with van der Waals surface area (Å²) >= 11 is 0. The summed E-state index contributed by atoms with van der Waals surface area (Å²) in [6, 6.07) is 16.8. The van der Waals surface area contributed by atoms with Gasteiger partial charge < -0.3 is 19.7 Å². The van der Waals surface area contributed by atoms with Gasteiger partial charge in [-0.2, -0.15) is 15.2 Å². The van der Waals surface area contributed by atoms with Crippen molar-refractivity contribution in [3.8, 4) is 22.6 Å². The maximum Gasteiger partial charge on any atom is 0.511 e. The fourth-order valence-corrected chi connectivity index (χ4v) is 3.63. The number of amides is 1. The molecule has 1 aliphatic heterocycles. The van der Waals surface area contributed by atoms with Gasteiger partial charge in [0.15, 0.2) is 5.71 Å². The lowest BCUT2D eigenvalue weighted by molar-refractivity contribution is -0.112. The molecular weight excluding hydrogens is 464 g/mol. The van der Waals surface area contributed by atoms with Crippen LogP contribution in [0.3, 0.4) is 0 Å². The summed E-state index contributed by atoms with van der Waals surface area (Å²) in [7, 11) is 1.49. The molecule has 10 heteroatoms. The molecule has 3 aromatic rings. The van der Waals surface area contributed by atoms with Gasteiger partial charge in [-0.05, 0) is 60.9 Å². The van der Waals surface area contributed by atoms with E-state index in [9.17, 15) is 14.7 Å². The number of carbonyl (C=O) groups is 2. The zero-order valence-corrected chi connectivity index (χ0v) is 19.8. The van der Waals surface area contributed by atoms with E-state index in [0.717, 1.165) is 11.1 Å². The van der Waals surface area contributed by atoms with Crippen LogP contribution in [0, 0.1) is 13.8 Å². The van der Waals surface area contributed by atoms with Crippen LogP contribution in [0.5, 0.6) is 11.5 Å². The number of nitrogens with zero attached hydrogens (tertiary/aromatic N) is 3. The number of benzene rings is 3. The molecule has 0 saturated carbocycles. The van der Waals surface area contributed by atoms with Gasteiger partial charge >= 0.3 is 12.1 Å². The van der Waals surface area contributed by atoms with Gasteiger partial charge in [0.25, 0.3) is 0 Å². The summed E-state index contributed by atoms with van der Waals surface area (Å²) in [4.78, 5) is 24.0. The Morgan fingerprint density at radius 2 is 1.86 bits per heavy atom. The maximum atomic E-state index is 13.2. The van der Waals surface area contributed by atoms with E-state index in [1.165, 1.54) is 24.3 Å². The van der Waals surface area contributed by atoms with Gasteiger partial charge in [0, 0.05) is 12.7 Å². The lowest BCUT2D eigenvalue weighted by Crippen LogP contribution is -2.29. The third kappa shape index (κ3) is 5.03. The molecule has 36 heavy (non-hydrogen) atoms. The van der Waals surface area contributed by atoms with Gasteiger partial charge in [-0.3, -0.25) is 10.2 Å². The number of phenolic OH excluding ortho intramolecular Hbond substituents is 1. The number of hydrogen-bond acceptors (Lipinski definition) is 8. The Balaban J connectivity index is 1.63. The summed E-state index contributed by atoms with van der Waals surface area (Å²) in [6.45, 7) is 4.00. The molecule has 4 rings (SSSR count). The topological polar surface area (TPSA) is 133 Å². The molecule has 0 aliphatic carbocycles. The molecule has 1 aliphatic rings. The minimum absolute atomic E-state index is 0.0525. The number of methoxy groups -OCH3 is 1. The quantitative estimate of drug-likeness (QED) is 0.192. The number of ether oxygens (including phenoxy) is 2. The van der Waals surface area contributed by atoms with E-state index in [1.54, 1.807) is 30.3 Å². The number of anilines is 2. The minimum Gasteiger partial charge on any atom is -0.505 e. The van der Waals surface area contributed by atoms with Crippen LogP contribution in [0.1, 0.15) is 11.1 Å². The number of rotatable bonds is 7. The molecular formula is C26H24N4O6. The molecule has 3 aromatic carbocycles. The van der Waals surface area contributed by atoms with Gasteiger partial charge in [0.2, 0.25) is 0 Å². The Hall–Kier alpha value is -4.70. The predicted molar refractivity (Wildman–Crippen MR) is 136 cm³/mol. The standard InChI is InChI=1S/C26H24N4O6/c1-15-10-11-18(12-16(15)2)30-25(32)23(22(29-30)14-35-3)28-27-21-9-5-8-20(24(21)31)17-6-4-7-19(13-17)36-26(33)34/h4-13,27,31H,14H2,1-3H3,(H,33,34). The van der Waals surface area contributed by atoms with Crippen LogP contribution >= 0.6 is 0 Å². The number of carboxylic acid groups (broad SMARTS) is 1. The van der Waals surface area contributed by atoms with Crippen molar-refractivity contribution in [2.24, 2.45) is 10.2 Å². The molecule has 3 N–H and O–H groups in total. The van der Waals surface area contributed by atoms with Crippen LogP contribution < -0.4 is 15.2 Å². The number of carbonyl (C=O) groups excluding carboxylic acids is 1. The SMILES string of the molecule is COCC1=NN(c2ccc(C)c(C)c2)C(=O)C1=NNc1cccc(-c2cccc(OC(=O)O)c2)c1O. The van der Waals surface area contributed by atoms with E-state index in [0.29, 0.717) is 22.5 Å². The third-order valence-corrected chi connectivity index (χ3v) is 5.58. The smallest absolute Gasteiger partial charge is 0.505 e. The van der Waals surface area contributed by atoms with Crippen molar-refractivity contribution >= 4 is 34.9 Å². The molecule has 0 bridgehead atoms. The molecule has 0 fully saturated rings. The fourth-order valence-electron chi connectivity index (χ4n) is 3.63. The highest BCUT2D eigenvalue weighted by Crippen LogP contribution is 2.36. The highest BCUT2D eigenvalue weighted by Gasteiger charge is 2.33. The van der Waals surface area contributed by atoms with E-state index in [2.05, 4.69) is 15.6 Å². The number of phenols is 1. The van der Waals surface area contributed by atoms with Gasteiger partial charge in [0.05, 0.1) is 18.0 Å². The summed E-state index contributed by atoms with van der Waals surface area (Å²) < 4.78 is 9.90. The number of para-hydroxylation sites is 1. The van der Waals surface area contributed by atoms with Gasteiger partial charge in [-0.15, -0.1) is 0 Å². The molecule has 184 valence electrons. The lowest BCUT2D eigenvalue weighted by Gasteiger charge is -2.13. The number of aryl methyl sites for hydroxylation is 2. The van der Waals surface area contributed by atoms with Crippen LogP contribution in [-0.2, 0) is 9.53 Å². The Bertz CT molecular complexity index is 1400. The number of hydrogen-bond donors (Lipinski definition) is 3. The number of hydrazone groups is 2. The van der Waals surface area contributed by atoms with Crippen LogP contribution in [0.25, 0.3) is 11.1 Å². The fraction of sp³-hybridized carbons (Fsp3) is 0.154. The minimum atomic E-state index is -1.44. The summed E-state index contributed by atoms with van der Waals surface area (Å²) in [5.74, 6) is -0.468. The first-order valence-electron chi connectivity index (χ1n) is 10.9. The second kappa shape index (κ2) is 10.3. The van der Waals surface area contributed by atoms with Crippen LogP contribution in [0.2, 0.25) is 0 Å². The Morgan fingerprint density at radius 3 is 2.58 bits per heavy atom. The molecule has 0 aromatic heterocycles. The first-order chi connectivity index (χ1) is 17.3. The maximum absolute atomic E-state index is 13.2. The molecule has 0 spiro atoms. The molecule has 0 radical (unpaired) electrons. The van der Waals surface area contributed by atoms with Crippen molar-refractivity contribution in [3.05, 3.63) is 71.8 Å². The van der Waals surface area contributed by atoms with Gasteiger partial charge in [-0.1, -0.05) is 30.3 Å². The van der Waals surface area contributed by atoms with Crippen LogP contribution in [0.4, 0.5) is 16.2 Å². The Morgan fingerprint density at radius 1 is 1.08 bits per heavy atom. The Labute approximate surface area is 207 Å². The molecule has 1 amide bonds. The highest BCUT2D eigenvalue weighted by atomic mass is 16.7. The van der Waals surface area contributed by atoms with Crippen molar-refractivity contribution in [3.63, 3.8) is 0 Å². The largest absolute Gasteiger partial charge is 0.511 e. The second-order valence-electron chi connectivity index (χ2n) is 8.03. The molecule has 1 heterocycles. The number of nitrogens with one attached hydrogen (secondary N) is 1. The first kappa shape index (κ1) is 24.4. The number of aromatic hydroxyl groups is 1. The molecule has 0 saturated heterocycles. The average molecular weight is 489 g/mol. The van der Waals surface area contributed by atoms with Crippen molar-refractivity contribution in [1.29, 1.82) is 0 Å². The Kier molecular flexibility index (Phi) is 6.98. The summed E-state index contributed by atoms with van der Waals surface area (Å²) in [5.41, 5.74) is 7.04. The van der Waals surface area contributed by atoms with E-state index in [1.807, 2.05) is 32.0 Å². The normalized spacial score (nSPS) is 14.2. The van der Waals surface area contributed by atoms with E-state index < -0.39 is 12.1 Å². The lowest BCUT2D eigenvalue weighted by atomic mass is 10.0. The monoisotopic (exact) mass is 488 g/mol. The van der Waals surface area contributed by atoms with Crippen molar-refractivity contribution in [1.82, 2.24) is 0 Å². The summed E-state index contributed by atoms with van der Waals surface area (Å²) in [5, 5.41) is 29.6. The van der Waals surface area contributed by atoms with E-state index in [-0.39, 0.29) is 29.5 Å².